The Bertz CT molecular complexity index is 505. The summed E-state index contributed by atoms with van der Waals surface area (Å²) in [6.45, 7) is 3.94. The van der Waals surface area contributed by atoms with Gasteiger partial charge in [-0.15, -0.1) is 0 Å². The summed E-state index contributed by atoms with van der Waals surface area (Å²) in [4.78, 5) is 0. The molecule has 4 heteroatoms. The number of rotatable bonds is 1. The van der Waals surface area contributed by atoms with Crippen LogP contribution >= 0.6 is 15.9 Å². The summed E-state index contributed by atoms with van der Waals surface area (Å²) in [7, 11) is 0. The number of anilines is 1. The summed E-state index contributed by atoms with van der Waals surface area (Å²) < 4.78 is 5.94. The molecule has 2 rings (SSSR count). The van der Waals surface area contributed by atoms with Gasteiger partial charge in [0.25, 0.3) is 0 Å². The third-order valence-electron chi connectivity index (χ3n) is 2.34. The summed E-state index contributed by atoms with van der Waals surface area (Å²) in [5.74, 6) is 0.374. The summed E-state index contributed by atoms with van der Waals surface area (Å²) in [6, 6.07) is 6.08. The molecule has 0 bridgehead atoms. The van der Waals surface area contributed by atoms with Gasteiger partial charge in [0.05, 0.1) is 0 Å². The van der Waals surface area contributed by atoms with Crippen molar-refractivity contribution in [2.75, 3.05) is 5.73 Å². The zero-order valence-corrected chi connectivity index (χ0v) is 10.1. The predicted octanol–water partition coefficient (Wildman–Crippen LogP) is 3.30. The van der Waals surface area contributed by atoms with Crippen molar-refractivity contribution in [3.05, 3.63) is 33.8 Å². The lowest BCUT2D eigenvalue weighted by Gasteiger charge is -2.02. The van der Waals surface area contributed by atoms with Crippen molar-refractivity contribution < 1.29 is 4.52 Å². The van der Waals surface area contributed by atoms with Gasteiger partial charge in [-0.05, 0) is 26.0 Å². The number of nitrogen functional groups attached to an aromatic ring is 1. The first-order valence-electron chi connectivity index (χ1n) is 4.58. The van der Waals surface area contributed by atoms with Crippen molar-refractivity contribution in [1.82, 2.24) is 5.16 Å². The van der Waals surface area contributed by atoms with E-state index in [1.165, 1.54) is 5.56 Å². The van der Waals surface area contributed by atoms with Crippen LogP contribution in [-0.4, -0.2) is 5.16 Å². The molecule has 0 aliphatic rings. The van der Waals surface area contributed by atoms with E-state index in [0.717, 1.165) is 21.3 Å². The standard InChI is InChI=1S/C11H11BrN2O/c1-6-3-4-9(12)8(5-6)10-7(2)11(13)15-14-10/h3-5H,13H2,1-2H3. The molecule has 0 fully saturated rings. The fourth-order valence-electron chi connectivity index (χ4n) is 1.42. The van der Waals surface area contributed by atoms with Gasteiger partial charge in [0, 0.05) is 15.6 Å². The maximum atomic E-state index is 5.62. The minimum absolute atomic E-state index is 0.374. The van der Waals surface area contributed by atoms with Crippen LogP contribution in [0.15, 0.2) is 27.2 Å². The van der Waals surface area contributed by atoms with Gasteiger partial charge in [0.15, 0.2) is 0 Å². The fourth-order valence-corrected chi connectivity index (χ4v) is 1.85. The molecular weight excluding hydrogens is 256 g/mol. The topological polar surface area (TPSA) is 52.0 Å². The van der Waals surface area contributed by atoms with Gasteiger partial charge in [-0.2, -0.15) is 0 Å². The highest BCUT2D eigenvalue weighted by Crippen LogP contribution is 2.32. The Labute approximate surface area is 96.4 Å². The molecule has 0 spiro atoms. The molecule has 0 aliphatic heterocycles. The van der Waals surface area contributed by atoms with Crippen molar-refractivity contribution in [3.63, 3.8) is 0 Å². The zero-order chi connectivity index (χ0) is 11.0. The molecule has 1 aromatic heterocycles. The molecule has 1 heterocycles. The third-order valence-corrected chi connectivity index (χ3v) is 3.03. The lowest BCUT2D eigenvalue weighted by molar-refractivity contribution is 0.439. The highest BCUT2D eigenvalue weighted by atomic mass is 79.9. The van der Waals surface area contributed by atoms with Gasteiger partial charge in [0.2, 0.25) is 5.88 Å². The zero-order valence-electron chi connectivity index (χ0n) is 8.54. The largest absolute Gasteiger partial charge is 0.367 e. The van der Waals surface area contributed by atoms with Gasteiger partial charge >= 0.3 is 0 Å². The Morgan fingerprint density at radius 1 is 1.33 bits per heavy atom. The van der Waals surface area contributed by atoms with E-state index in [1.807, 2.05) is 32.0 Å². The number of aryl methyl sites for hydroxylation is 1. The number of hydrogen-bond donors (Lipinski definition) is 1. The minimum Gasteiger partial charge on any atom is -0.367 e. The second-order valence-electron chi connectivity index (χ2n) is 3.50. The maximum absolute atomic E-state index is 5.62. The number of hydrogen-bond acceptors (Lipinski definition) is 3. The molecular formula is C11H11BrN2O. The van der Waals surface area contributed by atoms with E-state index < -0.39 is 0 Å². The Morgan fingerprint density at radius 3 is 2.67 bits per heavy atom. The molecule has 3 nitrogen and oxygen atoms in total. The van der Waals surface area contributed by atoms with E-state index in [2.05, 4.69) is 21.1 Å². The smallest absolute Gasteiger partial charge is 0.225 e. The van der Waals surface area contributed by atoms with Crippen molar-refractivity contribution in [2.24, 2.45) is 0 Å². The number of nitrogens with zero attached hydrogens (tertiary/aromatic N) is 1. The van der Waals surface area contributed by atoms with Crippen LogP contribution in [0.4, 0.5) is 5.88 Å². The molecule has 2 N–H and O–H groups in total. The first-order valence-corrected chi connectivity index (χ1v) is 5.37. The summed E-state index contributed by atoms with van der Waals surface area (Å²) in [6.07, 6.45) is 0. The van der Waals surface area contributed by atoms with Crippen LogP contribution in [0.3, 0.4) is 0 Å². The molecule has 0 aliphatic carbocycles. The Kier molecular flexibility index (Phi) is 2.52. The van der Waals surface area contributed by atoms with Crippen LogP contribution in [-0.2, 0) is 0 Å². The lowest BCUT2D eigenvalue weighted by Crippen LogP contribution is -1.87. The van der Waals surface area contributed by atoms with Gasteiger partial charge < -0.3 is 10.3 Å². The van der Waals surface area contributed by atoms with E-state index in [0.29, 0.717) is 5.88 Å². The molecule has 0 radical (unpaired) electrons. The SMILES string of the molecule is Cc1ccc(Br)c(-c2noc(N)c2C)c1. The molecule has 78 valence electrons. The Morgan fingerprint density at radius 2 is 2.07 bits per heavy atom. The van der Waals surface area contributed by atoms with Crippen LogP contribution in [0.25, 0.3) is 11.3 Å². The van der Waals surface area contributed by atoms with Crippen molar-refractivity contribution in [3.8, 4) is 11.3 Å². The van der Waals surface area contributed by atoms with Gasteiger partial charge in [-0.25, -0.2) is 0 Å². The van der Waals surface area contributed by atoms with Gasteiger partial charge in [-0.1, -0.05) is 32.7 Å². The molecule has 15 heavy (non-hydrogen) atoms. The molecule has 0 saturated heterocycles. The third kappa shape index (κ3) is 1.77. The Hall–Kier alpha value is -1.29. The van der Waals surface area contributed by atoms with Crippen LogP contribution in [0.1, 0.15) is 11.1 Å². The first-order chi connectivity index (χ1) is 7.09. The summed E-state index contributed by atoms with van der Waals surface area (Å²) in [5, 5.41) is 3.96. The molecule has 0 saturated carbocycles. The van der Waals surface area contributed by atoms with Crippen molar-refractivity contribution in [1.29, 1.82) is 0 Å². The van der Waals surface area contributed by atoms with E-state index in [9.17, 15) is 0 Å². The highest BCUT2D eigenvalue weighted by molar-refractivity contribution is 9.10. The second-order valence-corrected chi connectivity index (χ2v) is 4.36. The molecule has 1 aromatic carbocycles. The van der Waals surface area contributed by atoms with E-state index in [-0.39, 0.29) is 0 Å². The van der Waals surface area contributed by atoms with Crippen molar-refractivity contribution >= 4 is 21.8 Å². The summed E-state index contributed by atoms with van der Waals surface area (Å²) in [5.41, 5.74) is 9.47. The monoisotopic (exact) mass is 266 g/mol. The van der Waals surface area contributed by atoms with E-state index in [4.69, 9.17) is 10.3 Å². The fraction of sp³-hybridized carbons (Fsp3) is 0.182. The van der Waals surface area contributed by atoms with E-state index >= 15 is 0 Å². The number of aromatic nitrogens is 1. The molecule has 0 atom stereocenters. The van der Waals surface area contributed by atoms with Crippen LogP contribution < -0.4 is 5.73 Å². The van der Waals surface area contributed by atoms with Crippen LogP contribution in [0.5, 0.6) is 0 Å². The number of halogens is 1. The normalized spacial score (nSPS) is 10.6. The average Bonchev–Trinajstić information content (AvgIpc) is 2.52. The van der Waals surface area contributed by atoms with E-state index in [1.54, 1.807) is 0 Å². The van der Waals surface area contributed by atoms with Crippen LogP contribution in [0, 0.1) is 13.8 Å². The maximum Gasteiger partial charge on any atom is 0.225 e. The van der Waals surface area contributed by atoms with Crippen molar-refractivity contribution in [2.45, 2.75) is 13.8 Å². The molecule has 0 unspecified atom stereocenters. The molecule has 0 amide bonds. The van der Waals surface area contributed by atoms with Gasteiger partial charge in [-0.3, -0.25) is 0 Å². The average molecular weight is 267 g/mol. The lowest BCUT2D eigenvalue weighted by atomic mass is 10.1. The summed E-state index contributed by atoms with van der Waals surface area (Å²) >= 11 is 3.49. The second kappa shape index (κ2) is 3.70. The predicted molar refractivity (Wildman–Crippen MR) is 63.5 cm³/mol. The minimum atomic E-state index is 0.374. The van der Waals surface area contributed by atoms with Gasteiger partial charge in [0.1, 0.15) is 5.69 Å². The molecule has 2 aromatic rings. The Balaban J connectivity index is 2.63. The number of nitrogens with two attached hydrogens (primary N) is 1. The highest BCUT2D eigenvalue weighted by Gasteiger charge is 2.13. The quantitative estimate of drug-likeness (QED) is 0.862. The van der Waals surface area contributed by atoms with Crippen LogP contribution in [0.2, 0.25) is 0 Å². The first kappa shape index (κ1) is 10.2. The number of benzene rings is 1.